The molecule has 2 nitrogen and oxygen atoms in total. The fourth-order valence-corrected chi connectivity index (χ4v) is 5.58. The summed E-state index contributed by atoms with van der Waals surface area (Å²) in [7, 11) is 0. The van der Waals surface area contributed by atoms with E-state index < -0.39 is 0 Å². The summed E-state index contributed by atoms with van der Waals surface area (Å²) in [5, 5.41) is 3.05. The Balaban J connectivity index is 1.71. The molecule has 5 aromatic carbocycles. The molecule has 0 spiro atoms. The van der Waals surface area contributed by atoms with E-state index >= 15 is 0 Å². The summed E-state index contributed by atoms with van der Waals surface area (Å²) >= 11 is 0. The van der Waals surface area contributed by atoms with Gasteiger partial charge in [-0.2, -0.15) is 0 Å². The van der Waals surface area contributed by atoms with Crippen molar-refractivity contribution < 1.29 is 0 Å². The number of fused-ring (bicyclic) bond motifs is 2. The minimum absolute atomic E-state index is 0.111. The average molecular weight is 462 g/mol. The number of benzene rings is 5. The molecule has 0 saturated carbocycles. The van der Waals surface area contributed by atoms with Crippen molar-refractivity contribution in [3.8, 4) is 22.4 Å². The lowest BCUT2D eigenvalue weighted by Crippen LogP contribution is -2.10. The lowest BCUT2D eigenvalue weighted by molar-refractivity contribution is 1.18. The molecule has 7 rings (SSSR count). The van der Waals surface area contributed by atoms with Gasteiger partial charge in [0.2, 0.25) is 0 Å². The monoisotopic (exact) mass is 461 g/mol. The predicted octanol–water partition coefficient (Wildman–Crippen LogP) is 7.97. The molecule has 0 radical (unpaired) electrons. The maximum atomic E-state index is 14.3. The SMILES string of the molecule is O=c1c(Cc2ccccc2)cc2cc3ccccc3n3c(-c4ccccc4)c(-c4ccccc4)c1c23. The molecular weight excluding hydrogens is 438 g/mol. The summed E-state index contributed by atoms with van der Waals surface area (Å²) in [6.07, 6.45) is 0.609. The first-order valence-corrected chi connectivity index (χ1v) is 12.3. The fourth-order valence-electron chi connectivity index (χ4n) is 5.58. The van der Waals surface area contributed by atoms with Crippen molar-refractivity contribution in [1.82, 2.24) is 4.40 Å². The molecular formula is C34H23NO. The minimum atomic E-state index is 0.111. The number of para-hydroxylation sites is 1. The summed E-state index contributed by atoms with van der Waals surface area (Å²) in [4.78, 5) is 14.3. The number of nitrogens with zero attached hydrogens (tertiary/aromatic N) is 1. The third-order valence-electron chi connectivity index (χ3n) is 7.13. The largest absolute Gasteiger partial charge is 0.307 e. The quantitative estimate of drug-likeness (QED) is 0.244. The van der Waals surface area contributed by atoms with Crippen molar-refractivity contribution in [1.29, 1.82) is 0 Å². The van der Waals surface area contributed by atoms with Crippen LogP contribution in [-0.4, -0.2) is 4.40 Å². The van der Waals surface area contributed by atoms with Crippen LogP contribution in [0.4, 0.5) is 0 Å². The van der Waals surface area contributed by atoms with Gasteiger partial charge in [-0.05, 0) is 40.3 Å². The second kappa shape index (κ2) is 8.21. The number of hydrogen-bond acceptors (Lipinski definition) is 1. The Bertz CT molecular complexity index is 1900. The van der Waals surface area contributed by atoms with Gasteiger partial charge in [-0.25, -0.2) is 0 Å². The Morgan fingerprint density at radius 1 is 0.583 bits per heavy atom. The third kappa shape index (κ3) is 3.15. The zero-order chi connectivity index (χ0) is 24.1. The normalized spacial score (nSPS) is 11.6. The third-order valence-corrected chi connectivity index (χ3v) is 7.13. The van der Waals surface area contributed by atoms with Crippen LogP contribution < -0.4 is 5.43 Å². The van der Waals surface area contributed by atoms with Crippen LogP contribution in [0, 0.1) is 0 Å². The smallest absolute Gasteiger partial charge is 0.192 e. The summed E-state index contributed by atoms with van der Waals surface area (Å²) in [5.41, 5.74) is 8.39. The molecule has 2 heteroatoms. The van der Waals surface area contributed by atoms with Gasteiger partial charge in [0.25, 0.3) is 0 Å². The first kappa shape index (κ1) is 20.7. The van der Waals surface area contributed by atoms with E-state index in [0.29, 0.717) is 6.42 Å². The zero-order valence-electron chi connectivity index (χ0n) is 19.7. The van der Waals surface area contributed by atoms with E-state index in [1.54, 1.807) is 0 Å². The molecule has 0 amide bonds. The maximum Gasteiger partial charge on any atom is 0.192 e. The Hall–Kier alpha value is -4.69. The van der Waals surface area contributed by atoms with E-state index in [2.05, 4.69) is 89.3 Å². The highest BCUT2D eigenvalue weighted by Crippen LogP contribution is 2.43. The number of pyridine rings is 1. The highest BCUT2D eigenvalue weighted by molar-refractivity contribution is 6.14. The van der Waals surface area contributed by atoms with E-state index in [4.69, 9.17) is 0 Å². The van der Waals surface area contributed by atoms with Gasteiger partial charge in [0.1, 0.15) is 0 Å². The Kier molecular flexibility index (Phi) is 4.71. The maximum absolute atomic E-state index is 14.3. The molecule has 0 aliphatic rings. The zero-order valence-corrected chi connectivity index (χ0v) is 19.7. The van der Waals surface area contributed by atoms with Gasteiger partial charge in [-0.1, -0.05) is 109 Å². The van der Waals surface area contributed by atoms with Crippen molar-refractivity contribution in [2.75, 3.05) is 0 Å². The van der Waals surface area contributed by atoms with Gasteiger partial charge >= 0.3 is 0 Å². The molecule has 7 aromatic rings. The standard InChI is InChI=1S/C34H23NO/c36-34-28(20-23-12-4-1-5-13-23)22-27-21-26-18-10-11-19-29(26)35-32(25-16-8-3-9-17-25)30(31(34)33(27)35)24-14-6-2-7-15-24/h1-19,21-22H,20H2. The molecule has 36 heavy (non-hydrogen) atoms. The summed E-state index contributed by atoms with van der Waals surface area (Å²) < 4.78 is 2.31. The van der Waals surface area contributed by atoms with E-state index in [1.165, 1.54) is 0 Å². The van der Waals surface area contributed by atoms with Crippen molar-refractivity contribution in [3.63, 3.8) is 0 Å². The van der Waals surface area contributed by atoms with Crippen molar-refractivity contribution in [2.45, 2.75) is 6.42 Å². The topological polar surface area (TPSA) is 21.5 Å². The van der Waals surface area contributed by atoms with E-state index in [0.717, 1.165) is 60.7 Å². The van der Waals surface area contributed by atoms with Crippen LogP contribution >= 0.6 is 0 Å². The van der Waals surface area contributed by atoms with Gasteiger partial charge in [0.05, 0.1) is 22.1 Å². The van der Waals surface area contributed by atoms with Gasteiger partial charge in [0.15, 0.2) is 5.43 Å². The van der Waals surface area contributed by atoms with Gasteiger partial charge in [-0.15, -0.1) is 0 Å². The first-order valence-electron chi connectivity index (χ1n) is 12.3. The van der Waals surface area contributed by atoms with Crippen LogP contribution in [0.15, 0.2) is 132 Å². The van der Waals surface area contributed by atoms with Gasteiger partial charge in [-0.3, -0.25) is 4.79 Å². The molecule has 0 saturated heterocycles. The summed E-state index contributed by atoms with van der Waals surface area (Å²) in [6, 6.07) is 43.8. The van der Waals surface area contributed by atoms with E-state index in [-0.39, 0.29) is 5.43 Å². The fraction of sp³-hybridized carbons (Fsp3) is 0.0294. The van der Waals surface area contributed by atoms with Crippen molar-refractivity contribution >= 4 is 27.2 Å². The van der Waals surface area contributed by atoms with Crippen LogP contribution in [0.1, 0.15) is 11.1 Å². The second-order valence-electron chi connectivity index (χ2n) is 9.33. The Morgan fingerprint density at radius 3 is 1.92 bits per heavy atom. The molecule has 0 atom stereocenters. The number of hydrogen-bond donors (Lipinski definition) is 0. The van der Waals surface area contributed by atoms with Crippen LogP contribution in [0.25, 0.3) is 49.6 Å². The lowest BCUT2D eigenvalue weighted by Gasteiger charge is -2.11. The van der Waals surface area contributed by atoms with Crippen LogP contribution in [0.5, 0.6) is 0 Å². The molecule has 2 heterocycles. The molecule has 170 valence electrons. The first-order chi connectivity index (χ1) is 17.8. The van der Waals surface area contributed by atoms with Crippen molar-refractivity contribution in [2.24, 2.45) is 0 Å². The Labute approximate surface area is 209 Å². The highest BCUT2D eigenvalue weighted by atomic mass is 16.1. The van der Waals surface area contributed by atoms with Crippen LogP contribution in [0.3, 0.4) is 0 Å². The van der Waals surface area contributed by atoms with E-state index in [9.17, 15) is 4.79 Å². The Morgan fingerprint density at radius 2 is 1.19 bits per heavy atom. The van der Waals surface area contributed by atoms with Crippen LogP contribution in [-0.2, 0) is 6.42 Å². The predicted molar refractivity (Wildman–Crippen MR) is 150 cm³/mol. The van der Waals surface area contributed by atoms with E-state index in [1.807, 2.05) is 42.5 Å². The molecule has 0 bridgehead atoms. The molecule has 0 aliphatic carbocycles. The molecule has 0 N–H and O–H groups in total. The summed E-state index contributed by atoms with van der Waals surface area (Å²) in [5.74, 6) is 0. The number of aromatic nitrogens is 1. The van der Waals surface area contributed by atoms with Gasteiger partial charge < -0.3 is 4.40 Å². The molecule has 0 unspecified atom stereocenters. The van der Waals surface area contributed by atoms with Crippen molar-refractivity contribution in [3.05, 3.63) is 149 Å². The van der Waals surface area contributed by atoms with Crippen LogP contribution in [0.2, 0.25) is 0 Å². The molecule has 0 aliphatic heterocycles. The minimum Gasteiger partial charge on any atom is -0.307 e. The van der Waals surface area contributed by atoms with Gasteiger partial charge in [0, 0.05) is 22.9 Å². The molecule has 0 fully saturated rings. The highest BCUT2D eigenvalue weighted by Gasteiger charge is 2.25. The molecule has 2 aromatic heterocycles. The lowest BCUT2D eigenvalue weighted by atomic mass is 9.95. The number of rotatable bonds is 4. The second-order valence-corrected chi connectivity index (χ2v) is 9.33. The average Bonchev–Trinajstić information content (AvgIpc) is 3.30. The summed E-state index contributed by atoms with van der Waals surface area (Å²) in [6.45, 7) is 0.